The molecule has 0 bridgehead atoms. The summed E-state index contributed by atoms with van der Waals surface area (Å²) in [5.74, 6) is 2.53. The summed E-state index contributed by atoms with van der Waals surface area (Å²) in [5.41, 5.74) is 1.47. The Morgan fingerprint density at radius 3 is 2.68 bits per heavy atom. The molecule has 7 heteroatoms. The molecular formula is C24H29N3O4. The van der Waals surface area contributed by atoms with Gasteiger partial charge in [-0.25, -0.2) is 0 Å². The van der Waals surface area contributed by atoms with E-state index in [9.17, 15) is 9.59 Å². The zero-order valence-electron chi connectivity index (χ0n) is 18.2. The van der Waals surface area contributed by atoms with Crippen molar-refractivity contribution in [3.05, 3.63) is 53.6 Å². The number of furan rings is 1. The third-order valence-corrected chi connectivity index (χ3v) is 6.24. The summed E-state index contributed by atoms with van der Waals surface area (Å²) in [6.45, 7) is 5.56. The van der Waals surface area contributed by atoms with Crippen molar-refractivity contribution in [3.8, 4) is 5.75 Å². The summed E-state index contributed by atoms with van der Waals surface area (Å²) in [4.78, 5) is 30.6. The summed E-state index contributed by atoms with van der Waals surface area (Å²) >= 11 is 0. The number of carbonyl (C=O) groups excluding carboxylic acids is 2. The molecule has 4 rings (SSSR count). The van der Waals surface area contributed by atoms with E-state index >= 15 is 0 Å². The molecule has 3 aromatic rings. The van der Waals surface area contributed by atoms with Crippen LogP contribution in [-0.4, -0.2) is 41.9 Å². The van der Waals surface area contributed by atoms with Gasteiger partial charge in [0.25, 0.3) is 5.91 Å². The number of rotatable bonds is 6. The van der Waals surface area contributed by atoms with E-state index in [-0.39, 0.29) is 23.7 Å². The predicted molar refractivity (Wildman–Crippen MR) is 118 cm³/mol. The number of hydrogen-bond donors (Lipinski definition) is 2. The van der Waals surface area contributed by atoms with Gasteiger partial charge in [-0.3, -0.25) is 9.59 Å². The fraction of sp³-hybridized carbons (Fsp3) is 0.417. The zero-order chi connectivity index (χ0) is 22.0. The van der Waals surface area contributed by atoms with Crippen LogP contribution in [-0.2, 0) is 11.3 Å². The molecule has 2 aromatic heterocycles. The Morgan fingerprint density at radius 2 is 2.00 bits per heavy atom. The molecule has 1 aromatic carbocycles. The Bertz CT molecular complexity index is 1080. The number of ether oxygens (including phenoxy) is 1. The summed E-state index contributed by atoms with van der Waals surface area (Å²) in [5, 5.41) is 3.95. The fourth-order valence-corrected chi connectivity index (χ4v) is 4.25. The standard InChI is InChI=1S/C24H29N3O4/c1-15-4-6-20(31-15)14-25-23(28)16(2)17-8-10-27(11-9-17)24(29)22-12-18-5-7-19(30-3)13-21(18)26-22/h4-7,12-13,16-17,26H,8-11,14H2,1-3H3,(H,25,28). The Balaban J connectivity index is 1.31. The van der Waals surface area contributed by atoms with Gasteiger partial charge in [0.1, 0.15) is 23.0 Å². The van der Waals surface area contributed by atoms with E-state index in [0.717, 1.165) is 41.0 Å². The highest BCUT2D eigenvalue weighted by Crippen LogP contribution is 2.27. The van der Waals surface area contributed by atoms with Gasteiger partial charge in [0, 0.05) is 36.0 Å². The average Bonchev–Trinajstić information content (AvgIpc) is 3.41. The maximum Gasteiger partial charge on any atom is 0.270 e. The van der Waals surface area contributed by atoms with Crippen LogP contribution in [0.4, 0.5) is 0 Å². The molecule has 0 saturated carbocycles. The number of aromatic nitrogens is 1. The minimum absolute atomic E-state index is 0.00101. The Labute approximate surface area is 181 Å². The van der Waals surface area contributed by atoms with Crippen LogP contribution in [0.2, 0.25) is 0 Å². The normalized spacial score (nSPS) is 15.8. The first-order chi connectivity index (χ1) is 14.9. The van der Waals surface area contributed by atoms with Crippen molar-refractivity contribution in [2.75, 3.05) is 20.2 Å². The van der Waals surface area contributed by atoms with Gasteiger partial charge in [0.05, 0.1) is 13.7 Å². The van der Waals surface area contributed by atoms with Crippen LogP contribution < -0.4 is 10.1 Å². The minimum Gasteiger partial charge on any atom is -0.497 e. The number of piperidine rings is 1. The average molecular weight is 424 g/mol. The van der Waals surface area contributed by atoms with Crippen molar-refractivity contribution in [3.63, 3.8) is 0 Å². The van der Waals surface area contributed by atoms with E-state index in [4.69, 9.17) is 9.15 Å². The van der Waals surface area contributed by atoms with Crippen molar-refractivity contribution >= 4 is 22.7 Å². The van der Waals surface area contributed by atoms with Crippen LogP contribution in [0.25, 0.3) is 10.9 Å². The molecule has 0 aliphatic carbocycles. The number of aromatic amines is 1. The molecule has 1 fully saturated rings. The number of methoxy groups -OCH3 is 1. The molecule has 1 atom stereocenters. The molecule has 31 heavy (non-hydrogen) atoms. The van der Waals surface area contributed by atoms with E-state index in [1.165, 1.54) is 0 Å². The number of likely N-dealkylation sites (tertiary alicyclic amines) is 1. The van der Waals surface area contributed by atoms with Crippen LogP contribution in [0.5, 0.6) is 5.75 Å². The van der Waals surface area contributed by atoms with Gasteiger partial charge < -0.3 is 24.4 Å². The van der Waals surface area contributed by atoms with Crippen LogP contribution in [0.15, 0.2) is 40.8 Å². The van der Waals surface area contributed by atoms with E-state index in [1.807, 2.05) is 55.1 Å². The number of hydrogen-bond acceptors (Lipinski definition) is 4. The quantitative estimate of drug-likeness (QED) is 0.630. The topological polar surface area (TPSA) is 87.6 Å². The van der Waals surface area contributed by atoms with E-state index in [2.05, 4.69) is 10.3 Å². The smallest absolute Gasteiger partial charge is 0.270 e. The molecule has 3 heterocycles. The number of fused-ring (bicyclic) bond motifs is 1. The number of nitrogens with one attached hydrogen (secondary N) is 2. The predicted octanol–water partition coefficient (Wildman–Crippen LogP) is 3.88. The number of carbonyl (C=O) groups is 2. The molecule has 1 aliphatic rings. The molecular weight excluding hydrogens is 394 g/mol. The molecule has 0 radical (unpaired) electrons. The third-order valence-electron chi connectivity index (χ3n) is 6.24. The number of nitrogens with zero attached hydrogens (tertiary/aromatic N) is 1. The summed E-state index contributed by atoms with van der Waals surface area (Å²) < 4.78 is 10.8. The first-order valence-electron chi connectivity index (χ1n) is 10.7. The van der Waals surface area contributed by atoms with Crippen molar-refractivity contribution in [1.29, 1.82) is 0 Å². The maximum atomic E-state index is 13.0. The highest BCUT2D eigenvalue weighted by atomic mass is 16.5. The maximum absolute atomic E-state index is 13.0. The largest absolute Gasteiger partial charge is 0.497 e. The first-order valence-corrected chi connectivity index (χ1v) is 10.7. The number of amides is 2. The first kappa shape index (κ1) is 21.0. The second kappa shape index (κ2) is 8.88. The molecule has 0 spiro atoms. The van der Waals surface area contributed by atoms with Crippen LogP contribution in [0.3, 0.4) is 0 Å². The minimum atomic E-state index is -0.103. The lowest BCUT2D eigenvalue weighted by Crippen LogP contribution is -2.42. The third kappa shape index (κ3) is 4.60. The van der Waals surface area contributed by atoms with E-state index in [0.29, 0.717) is 25.3 Å². The van der Waals surface area contributed by atoms with Crippen molar-refractivity contribution in [2.24, 2.45) is 11.8 Å². The Hall–Kier alpha value is -3.22. The van der Waals surface area contributed by atoms with Gasteiger partial charge in [-0.15, -0.1) is 0 Å². The molecule has 1 aliphatic heterocycles. The second-order valence-corrected chi connectivity index (χ2v) is 8.28. The van der Waals surface area contributed by atoms with Gasteiger partial charge in [-0.2, -0.15) is 0 Å². The van der Waals surface area contributed by atoms with E-state index < -0.39 is 0 Å². The molecule has 1 saturated heterocycles. The van der Waals surface area contributed by atoms with Crippen LogP contribution in [0.1, 0.15) is 41.8 Å². The van der Waals surface area contributed by atoms with Crippen LogP contribution >= 0.6 is 0 Å². The number of H-pyrrole nitrogens is 1. The lowest BCUT2D eigenvalue weighted by Gasteiger charge is -2.34. The van der Waals surface area contributed by atoms with Crippen molar-refractivity contribution < 1.29 is 18.7 Å². The fourth-order valence-electron chi connectivity index (χ4n) is 4.25. The molecule has 164 valence electrons. The summed E-state index contributed by atoms with van der Waals surface area (Å²) in [7, 11) is 1.62. The zero-order valence-corrected chi connectivity index (χ0v) is 18.2. The Morgan fingerprint density at radius 1 is 1.23 bits per heavy atom. The lowest BCUT2D eigenvalue weighted by atomic mass is 9.84. The second-order valence-electron chi connectivity index (χ2n) is 8.28. The number of aryl methyl sites for hydroxylation is 1. The molecule has 2 N–H and O–H groups in total. The van der Waals surface area contributed by atoms with Crippen molar-refractivity contribution in [2.45, 2.75) is 33.2 Å². The number of benzene rings is 1. The van der Waals surface area contributed by atoms with Crippen LogP contribution in [0, 0.1) is 18.8 Å². The van der Waals surface area contributed by atoms with Gasteiger partial charge in [-0.05, 0) is 56.0 Å². The molecule has 1 unspecified atom stereocenters. The summed E-state index contributed by atoms with van der Waals surface area (Å²) in [6, 6.07) is 11.4. The van der Waals surface area contributed by atoms with Gasteiger partial charge in [-0.1, -0.05) is 6.92 Å². The SMILES string of the molecule is COc1ccc2cc(C(=O)N3CCC(C(C)C(=O)NCc4ccc(C)o4)CC3)[nH]c2c1. The monoisotopic (exact) mass is 423 g/mol. The van der Waals surface area contributed by atoms with E-state index in [1.54, 1.807) is 7.11 Å². The highest BCUT2D eigenvalue weighted by molar-refractivity contribution is 5.98. The highest BCUT2D eigenvalue weighted by Gasteiger charge is 2.30. The van der Waals surface area contributed by atoms with Gasteiger partial charge in [0.15, 0.2) is 0 Å². The van der Waals surface area contributed by atoms with Gasteiger partial charge in [0.2, 0.25) is 5.91 Å². The molecule has 7 nitrogen and oxygen atoms in total. The lowest BCUT2D eigenvalue weighted by molar-refractivity contribution is -0.126. The molecule has 2 amide bonds. The Kier molecular flexibility index (Phi) is 6.02. The van der Waals surface area contributed by atoms with Crippen molar-refractivity contribution in [1.82, 2.24) is 15.2 Å². The van der Waals surface area contributed by atoms with Gasteiger partial charge >= 0.3 is 0 Å². The summed E-state index contributed by atoms with van der Waals surface area (Å²) in [6.07, 6.45) is 1.63.